The second kappa shape index (κ2) is 27.8. The van der Waals surface area contributed by atoms with Crippen molar-refractivity contribution in [2.75, 3.05) is 26.4 Å². The van der Waals surface area contributed by atoms with Gasteiger partial charge in [0.2, 0.25) is 0 Å². The zero-order valence-electron chi connectivity index (χ0n) is 58.1. The van der Waals surface area contributed by atoms with E-state index in [2.05, 4.69) is 0 Å². The minimum absolute atomic E-state index is 0.00620. The molecule has 4 aromatic carbocycles. The van der Waals surface area contributed by atoms with Crippen LogP contribution in [0.25, 0.3) is 0 Å². The Bertz CT molecular complexity index is 2710. The fraction of sp³-hybridized carbons (Fsp3) is 0.627. The van der Waals surface area contributed by atoms with Gasteiger partial charge in [-0.25, -0.2) is 0 Å². The Morgan fingerprint density at radius 2 is 0.448 bits per heavy atom. The molecule has 0 aliphatic heterocycles. The van der Waals surface area contributed by atoms with Crippen molar-refractivity contribution >= 4 is 23.9 Å². The molecule has 0 aliphatic carbocycles. The van der Waals surface area contributed by atoms with E-state index in [9.17, 15) is 39.6 Å². The largest absolute Gasteiger partial charge is 0.507 e. The lowest BCUT2D eigenvalue weighted by molar-refractivity contribution is -0.160. The zero-order chi connectivity index (χ0) is 66.4. The zero-order valence-corrected chi connectivity index (χ0v) is 58.1. The third kappa shape index (κ3) is 21.0. The summed E-state index contributed by atoms with van der Waals surface area (Å²) in [6.45, 7) is 48.1. The molecule has 0 saturated heterocycles. The van der Waals surface area contributed by atoms with E-state index in [1.54, 1.807) is 0 Å². The van der Waals surface area contributed by atoms with Crippen molar-refractivity contribution in [1.29, 1.82) is 0 Å². The molecule has 87 heavy (non-hydrogen) atoms. The lowest BCUT2D eigenvalue weighted by Crippen LogP contribution is -2.37. The summed E-state index contributed by atoms with van der Waals surface area (Å²) in [5, 5.41) is 45.6. The number of aryl methyl sites for hydroxylation is 4. The molecule has 484 valence electrons. The molecule has 0 bridgehead atoms. The monoisotopic (exact) mass is 1200 g/mol. The third-order valence-electron chi connectivity index (χ3n) is 16.5. The highest BCUT2D eigenvalue weighted by Crippen LogP contribution is 2.44. The Hall–Kier alpha value is -6.04. The van der Waals surface area contributed by atoms with Gasteiger partial charge in [-0.05, 0) is 149 Å². The Morgan fingerprint density at radius 3 is 0.609 bits per heavy atom. The van der Waals surface area contributed by atoms with Gasteiger partial charge in [-0.3, -0.25) is 19.2 Å². The van der Waals surface area contributed by atoms with Crippen molar-refractivity contribution in [3.05, 3.63) is 115 Å². The smallest absolute Gasteiger partial charge is 0.306 e. The van der Waals surface area contributed by atoms with Gasteiger partial charge in [0, 0.05) is 31.1 Å². The van der Waals surface area contributed by atoms with Crippen LogP contribution in [0.4, 0.5) is 0 Å². The number of hydrogen-bond donors (Lipinski definition) is 4. The number of phenolic OH excluding ortho intramolecular Hbond substituents is 4. The maximum absolute atomic E-state index is 14.1. The van der Waals surface area contributed by atoms with E-state index in [0.29, 0.717) is 25.7 Å². The van der Waals surface area contributed by atoms with Gasteiger partial charge in [0.15, 0.2) is 0 Å². The summed E-state index contributed by atoms with van der Waals surface area (Å²) in [5.74, 6) is -0.997. The maximum Gasteiger partial charge on any atom is 0.306 e. The second-order valence-electron chi connectivity index (χ2n) is 32.9. The molecule has 0 atom stereocenters. The van der Waals surface area contributed by atoms with E-state index in [0.717, 1.165) is 66.8 Å². The number of ether oxygens (including phenoxy) is 4. The van der Waals surface area contributed by atoms with Gasteiger partial charge in [-0.2, -0.15) is 0 Å². The molecule has 12 heteroatoms. The minimum Gasteiger partial charge on any atom is -0.507 e. The molecule has 0 amide bonds. The molecule has 0 aromatic heterocycles. The Kier molecular flexibility index (Phi) is 23.4. The summed E-state index contributed by atoms with van der Waals surface area (Å²) < 4.78 is 24.4. The number of benzene rings is 4. The maximum atomic E-state index is 14.1. The standard InChI is InChI=1S/C75H112O12/c1-67(2,3)51-37-47(38-52(63(51)80)68(4,5)6)25-29-59(76)84-35-33-75(45-86-61(78)31-27-49-41-55(71(13,14)15)65(82)56(42-49)72(16,17)18,46-87-62(79)32-28-50-43-57(73(19,20)21)66(83)58(44-50)74(22,23)24)34-36-85-60(77)30-26-48-39-53(69(7,8)9)64(81)54(40-48)70(10,11)12/h37-44,80-83H,25-36,45-46H2,1-24H3. The lowest BCUT2D eigenvalue weighted by Gasteiger charge is -2.32. The third-order valence-corrected chi connectivity index (χ3v) is 16.5. The van der Waals surface area contributed by atoms with Crippen LogP contribution < -0.4 is 0 Å². The SMILES string of the molecule is CC(C)(C)c1cc(CCC(=O)OCCC(CCOC(=O)CCc2cc(C(C)(C)C)c(O)c(C(C)(C)C)c2)(COC(=O)CCc2cc(C(C)(C)C)c(O)c(C(C)(C)C)c2)COC(=O)CCc2cc(C(C)(C)C)c(O)c(C(C)(C)C)c2)cc(C(C)(C)C)c1O. The van der Waals surface area contributed by atoms with Gasteiger partial charge >= 0.3 is 23.9 Å². The summed E-state index contributed by atoms with van der Waals surface area (Å²) in [6.07, 6.45) is 1.55. The second-order valence-corrected chi connectivity index (χ2v) is 32.9. The van der Waals surface area contributed by atoms with Crippen LogP contribution in [-0.2, 0) is 107 Å². The Labute approximate surface area is 523 Å². The van der Waals surface area contributed by atoms with Crippen molar-refractivity contribution in [3.8, 4) is 23.0 Å². The highest BCUT2D eigenvalue weighted by atomic mass is 16.6. The number of hydrogen-bond acceptors (Lipinski definition) is 12. The van der Waals surface area contributed by atoms with Gasteiger partial charge in [-0.15, -0.1) is 0 Å². The van der Waals surface area contributed by atoms with Crippen molar-refractivity contribution in [1.82, 2.24) is 0 Å². The van der Waals surface area contributed by atoms with Crippen LogP contribution in [0.15, 0.2) is 48.5 Å². The van der Waals surface area contributed by atoms with Gasteiger partial charge in [0.1, 0.15) is 36.2 Å². The summed E-state index contributed by atoms with van der Waals surface area (Å²) >= 11 is 0. The predicted octanol–water partition coefficient (Wildman–Crippen LogP) is 16.7. The normalized spacial score (nSPS) is 13.1. The van der Waals surface area contributed by atoms with Gasteiger partial charge in [-0.1, -0.05) is 215 Å². The molecule has 0 spiro atoms. The van der Waals surface area contributed by atoms with Crippen LogP contribution in [0.5, 0.6) is 23.0 Å². The predicted molar refractivity (Wildman–Crippen MR) is 351 cm³/mol. The van der Waals surface area contributed by atoms with Gasteiger partial charge in [0.05, 0.1) is 13.2 Å². The number of carbonyl (C=O) groups is 4. The van der Waals surface area contributed by atoms with Crippen molar-refractivity contribution < 1.29 is 58.6 Å². The molecule has 0 saturated carbocycles. The molecule has 4 rings (SSSR count). The Balaban J connectivity index is 1.71. The van der Waals surface area contributed by atoms with E-state index in [1.165, 1.54) is 0 Å². The molecule has 0 unspecified atom stereocenters. The van der Waals surface area contributed by atoms with E-state index >= 15 is 0 Å². The average Bonchev–Trinajstić information content (AvgIpc) is 2.04. The highest BCUT2D eigenvalue weighted by Gasteiger charge is 2.37. The van der Waals surface area contributed by atoms with Crippen LogP contribution in [0.2, 0.25) is 0 Å². The summed E-state index contributed by atoms with van der Waals surface area (Å²) in [6, 6.07) is 15.6. The van der Waals surface area contributed by atoms with Crippen molar-refractivity contribution in [3.63, 3.8) is 0 Å². The van der Waals surface area contributed by atoms with Crippen LogP contribution in [0.3, 0.4) is 0 Å². The van der Waals surface area contributed by atoms with Gasteiger partial charge < -0.3 is 39.4 Å². The number of carbonyl (C=O) groups excluding carboxylic acids is 4. The topological polar surface area (TPSA) is 186 Å². The first-order chi connectivity index (χ1) is 39.4. The number of aromatic hydroxyl groups is 4. The first kappa shape index (κ1) is 73.4. The average molecular weight is 1210 g/mol. The first-order valence-electron chi connectivity index (χ1n) is 31.5. The summed E-state index contributed by atoms with van der Waals surface area (Å²) in [4.78, 5) is 55.8. The Morgan fingerprint density at radius 1 is 0.287 bits per heavy atom. The highest BCUT2D eigenvalue weighted by molar-refractivity contribution is 5.72. The molecule has 12 nitrogen and oxygen atoms in total. The number of phenols is 4. The quantitative estimate of drug-likeness (QED) is 0.0432. The van der Waals surface area contributed by atoms with Crippen LogP contribution in [0.1, 0.15) is 271 Å². The van der Waals surface area contributed by atoms with Crippen molar-refractivity contribution in [2.45, 2.75) is 274 Å². The fourth-order valence-electron chi connectivity index (χ4n) is 10.9. The lowest BCUT2D eigenvalue weighted by atomic mass is 9.78. The number of esters is 4. The molecule has 0 radical (unpaired) electrons. The molecule has 0 fully saturated rings. The molecule has 4 N–H and O–H groups in total. The molecule has 4 aromatic rings. The van der Waals surface area contributed by atoms with E-state index in [-0.39, 0.29) is 131 Å². The summed E-state index contributed by atoms with van der Waals surface area (Å²) in [7, 11) is 0. The van der Waals surface area contributed by atoms with Crippen LogP contribution >= 0.6 is 0 Å². The fourth-order valence-corrected chi connectivity index (χ4v) is 10.9. The molecular weight excluding hydrogens is 1090 g/mol. The van der Waals surface area contributed by atoms with Crippen LogP contribution in [-0.4, -0.2) is 70.7 Å². The van der Waals surface area contributed by atoms with E-state index in [4.69, 9.17) is 18.9 Å². The molecular formula is C75H112O12. The van der Waals surface area contributed by atoms with E-state index < -0.39 is 29.3 Å². The minimum atomic E-state index is -1.21. The summed E-state index contributed by atoms with van der Waals surface area (Å²) in [5.41, 5.74) is 5.58. The van der Waals surface area contributed by atoms with Crippen LogP contribution in [0, 0.1) is 5.41 Å². The molecule has 0 aliphatic rings. The molecule has 0 heterocycles. The van der Waals surface area contributed by atoms with Gasteiger partial charge in [0.25, 0.3) is 0 Å². The van der Waals surface area contributed by atoms with Crippen molar-refractivity contribution in [2.24, 2.45) is 5.41 Å². The van der Waals surface area contributed by atoms with E-state index in [1.807, 2.05) is 215 Å². The first-order valence-corrected chi connectivity index (χ1v) is 31.5. The number of rotatable bonds is 22.